The third kappa shape index (κ3) is 3.27. The number of rotatable bonds is 4. The topological polar surface area (TPSA) is 54.6 Å². The van der Waals surface area contributed by atoms with Crippen LogP contribution in [0.4, 0.5) is 0 Å². The Morgan fingerprint density at radius 3 is 2.76 bits per heavy atom. The first-order chi connectivity index (χ1) is 11.9. The van der Waals surface area contributed by atoms with Crippen LogP contribution in [0.15, 0.2) is 42.1 Å². The van der Waals surface area contributed by atoms with Crippen LogP contribution in [0, 0.1) is 5.92 Å². The van der Waals surface area contributed by atoms with E-state index in [1.807, 2.05) is 42.8 Å². The van der Waals surface area contributed by atoms with Crippen LogP contribution in [0.1, 0.15) is 29.8 Å². The van der Waals surface area contributed by atoms with Crippen LogP contribution in [0.25, 0.3) is 5.57 Å². The summed E-state index contributed by atoms with van der Waals surface area (Å²) in [6, 6.07) is 7.24. The van der Waals surface area contributed by atoms with Crippen LogP contribution in [0.2, 0.25) is 0 Å². The molecule has 1 unspecified atom stereocenters. The Kier molecular flexibility index (Phi) is 4.57. The number of hydrogen-bond acceptors (Lipinski definition) is 2. The second-order valence-corrected chi connectivity index (χ2v) is 7.10. The van der Waals surface area contributed by atoms with Crippen LogP contribution in [0.5, 0.6) is 0 Å². The van der Waals surface area contributed by atoms with Crippen molar-refractivity contribution >= 4 is 23.6 Å². The van der Waals surface area contributed by atoms with Gasteiger partial charge in [-0.15, -0.1) is 0 Å². The van der Waals surface area contributed by atoms with E-state index in [-0.39, 0.29) is 17.9 Å². The Morgan fingerprint density at radius 2 is 2.08 bits per heavy atom. The molecule has 0 aliphatic carbocycles. The Morgan fingerprint density at radius 1 is 1.32 bits per heavy atom. The summed E-state index contributed by atoms with van der Waals surface area (Å²) in [4.78, 5) is 31.5. The number of carbonyl (C=O) groups is 2. The van der Waals surface area contributed by atoms with Gasteiger partial charge < -0.3 is 9.80 Å². The zero-order chi connectivity index (χ0) is 18.1. The number of carbonyl (C=O) groups excluding carboxylic acids is 2. The molecule has 130 valence electrons. The van der Waals surface area contributed by atoms with Gasteiger partial charge in [0.1, 0.15) is 0 Å². The fourth-order valence-corrected chi connectivity index (χ4v) is 3.18. The summed E-state index contributed by atoms with van der Waals surface area (Å²) in [6.07, 6.45) is 5.69. The number of nitrogens with zero attached hydrogens (tertiary/aromatic N) is 2. The molecule has 2 aliphatic heterocycles. The maximum Gasteiger partial charge on any atom is 0.300 e. The summed E-state index contributed by atoms with van der Waals surface area (Å²) < 4.78 is 0. The van der Waals surface area contributed by atoms with E-state index < -0.39 is 0 Å². The molecule has 2 heterocycles. The number of hydrogen-bond donors (Lipinski definition) is 1. The molecular formula is C20H24N3O2+. The summed E-state index contributed by atoms with van der Waals surface area (Å²) in [5.41, 5.74) is 3.53. The Hall–Kier alpha value is -2.69. The lowest BCUT2D eigenvalue weighted by molar-refractivity contribution is -0.467. The maximum atomic E-state index is 12.7. The highest BCUT2D eigenvalue weighted by Gasteiger charge is 2.39. The largest absolute Gasteiger partial charge is 0.345 e. The van der Waals surface area contributed by atoms with E-state index in [0.717, 1.165) is 16.7 Å². The first-order valence-electron chi connectivity index (χ1n) is 8.52. The van der Waals surface area contributed by atoms with Crippen LogP contribution in [0.3, 0.4) is 0 Å². The maximum absolute atomic E-state index is 12.7. The Balaban J connectivity index is 2.03. The molecule has 0 saturated carbocycles. The van der Waals surface area contributed by atoms with E-state index in [2.05, 4.69) is 18.8 Å². The lowest BCUT2D eigenvalue weighted by Crippen LogP contribution is -2.79. The van der Waals surface area contributed by atoms with Gasteiger partial charge in [-0.05, 0) is 23.6 Å². The molecule has 1 aromatic carbocycles. The molecule has 25 heavy (non-hydrogen) atoms. The van der Waals surface area contributed by atoms with Gasteiger partial charge in [0.05, 0.1) is 0 Å². The lowest BCUT2D eigenvalue weighted by atomic mass is 9.89. The molecule has 0 saturated heterocycles. The van der Waals surface area contributed by atoms with Crippen molar-refractivity contribution in [1.82, 2.24) is 9.80 Å². The van der Waals surface area contributed by atoms with Gasteiger partial charge in [-0.3, -0.25) is 9.59 Å². The fraction of sp³-hybridized carbons (Fsp3) is 0.350. The minimum Gasteiger partial charge on any atom is -0.345 e. The molecule has 1 aromatic rings. The van der Waals surface area contributed by atoms with Crippen molar-refractivity contribution in [2.45, 2.75) is 19.9 Å². The molecule has 2 aliphatic rings. The second-order valence-electron chi connectivity index (χ2n) is 7.10. The monoisotopic (exact) mass is 338 g/mol. The van der Waals surface area contributed by atoms with Crippen molar-refractivity contribution in [2.24, 2.45) is 5.92 Å². The van der Waals surface area contributed by atoms with Crippen LogP contribution in [-0.4, -0.2) is 54.5 Å². The Labute approximate surface area is 148 Å². The van der Waals surface area contributed by atoms with Crippen molar-refractivity contribution in [3.8, 4) is 0 Å². The zero-order valence-corrected chi connectivity index (χ0v) is 15.1. The molecule has 1 N–H and O–H groups in total. The molecular weight excluding hydrogens is 314 g/mol. The summed E-state index contributed by atoms with van der Waals surface area (Å²) in [5.74, 6) is 0.409. The number of allylic oxidation sites excluding steroid dienone is 1. The predicted octanol–water partition coefficient (Wildman–Crippen LogP) is 0.687. The van der Waals surface area contributed by atoms with Gasteiger partial charge >= 0.3 is 0 Å². The minimum absolute atomic E-state index is 0.0324. The first-order valence-corrected chi connectivity index (χ1v) is 8.52. The van der Waals surface area contributed by atoms with Gasteiger partial charge in [0, 0.05) is 49.6 Å². The summed E-state index contributed by atoms with van der Waals surface area (Å²) in [6.45, 7) is 4.86. The average molecular weight is 338 g/mol. The Bertz CT molecular complexity index is 803. The van der Waals surface area contributed by atoms with Crippen molar-refractivity contribution in [2.75, 3.05) is 20.6 Å². The van der Waals surface area contributed by atoms with Crippen LogP contribution >= 0.6 is 0 Å². The predicted molar refractivity (Wildman–Crippen MR) is 97.9 cm³/mol. The van der Waals surface area contributed by atoms with Crippen molar-refractivity contribution < 1.29 is 14.6 Å². The quantitative estimate of drug-likeness (QED) is 0.878. The molecule has 2 amide bonds. The van der Waals surface area contributed by atoms with Gasteiger partial charge in [-0.2, -0.15) is 0 Å². The standard InChI is InChI=1S/C20H23N3O2/c1-13(2)11-23-12-17(16-8-9-21-18(16)20(23)25)14-6-5-7-15(10-14)19(24)22(3)4/h5-10,12-13,18H,11H2,1-4H3/p+1. The van der Waals surface area contributed by atoms with E-state index in [1.54, 1.807) is 23.9 Å². The minimum atomic E-state index is -0.341. The number of amides is 2. The molecule has 1 atom stereocenters. The van der Waals surface area contributed by atoms with Gasteiger partial charge in [0.15, 0.2) is 6.21 Å². The molecule has 5 heteroatoms. The number of fused-ring (bicyclic) bond motifs is 1. The third-order valence-corrected chi connectivity index (χ3v) is 4.35. The van der Waals surface area contributed by atoms with E-state index in [0.29, 0.717) is 18.0 Å². The molecule has 0 bridgehead atoms. The normalized spacial score (nSPS) is 19.0. The van der Waals surface area contributed by atoms with Gasteiger partial charge in [-0.1, -0.05) is 26.0 Å². The molecule has 0 radical (unpaired) electrons. The molecule has 0 aromatic heterocycles. The molecule has 5 nitrogen and oxygen atoms in total. The van der Waals surface area contributed by atoms with E-state index in [4.69, 9.17) is 0 Å². The number of nitrogens with one attached hydrogen (secondary N) is 1. The summed E-state index contributed by atoms with van der Waals surface area (Å²) >= 11 is 0. The van der Waals surface area contributed by atoms with E-state index in [9.17, 15) is 9.59 Å². The van der Waals surface area contributed by atoms with E-state index in [1.165, 1.54) is 0 Å². The smallest absolute Gasteiger partial charge is 0.300 e. The van der Waals surface area contributed by atoms with Gasteiger partial charge in [0.2, 0.25) is 0 Å². The third-order valence-electron chi connectivity index (χ3n) is 4.35. The SMILES string of the molecule is CC(C)CN1C=C(c2cccc(C(=O)N(C)C)c2)C2=CC=[NH+]C2C1=O. The van der Waals surface area contributed by atoms with Gasteiger partial charge in [0.25, 0.3) is 17.9 Å². The highest BCUT2D eigenvalue weighted by atomic mass is 16.2. The van der Waals surface area contributed by atoms with Crippen LogP contribution in [-0.2, 0) is 4.79 Å². The lowest BCUT2D eigenvalue weighted by Gasteiger charge is -2.28. The number of benzene rings is 1. The summed E-state index contributed by atoms with van der Waals surface area (Å²) in [5, 5.41) is 0. The van der Waals surface area contributed by atoms with E-state index >= 15 is 0 Å². The average Bonchev–Trinajstić information content (AvgIpc) is 3.06. The molecule has 0 fully saturated rings. The van der Waals surface area contributed by atoms with Crippen molar-refractivity contribution in [3.05, 3.63) is 53.2 Å². The van der Waals surface area contributed by atoms with Crippen LogP contribution < -0.4 is 4.99 Å². The fourth-order valence-electron chi connectivity index (χ4n) is 3.18. The highest BCUT2D eigenvalue weighted by molar-refractivity contribution is 6.02. The zero-order valence-electron chi connectivity index (χ0n) is 15.1. The van der Waals surface area contributed by atoms with Crippen molar-refractivity contribution in [1.29, 1.82) is 0 Å². The highest BCUT2D eigenvalue weighted by Crippen LogP contribution is 2.31. The van der Waals surface area contributed by atoms with Crippen molar-refractivity contribution in [3.63, 3.8) is 0 Å². The molecule has 3 rings (SSSR count). The first kappa shape index (κ1) is 17.1. The molecule has 0 spiro atoms. The van der Waals surface area contributed by atoms with Gasteiger partial charge in [-0.25, -0.2) is 4.99 Å². The second kappa shape index (κ2) is 6.67. The summed E-state index contributed by atoms with van der Waals surface area (Å²) in [7, 11) is 3.48.